The minimum atomic E-state index is -0.0935. The van der Waals surface area contributed by atoms with E-state index in [1.807, 2.05) is 0 Å². The van der Waals surface area contributed by atoms with E-state index in [0.717, 1.165) is 0 Å². The van der Waals surface area contributed by atoms with Crippen molar-refractivity contribution in [3.8, 4) is 0 Å². The number of aliphatic hydroxyl groups excluding tert-OH is 1. The molecule has 1 aromatic rings. The second-order valence-electron chi connectivity index (χ2n) is 7.11. The Balaban J connectivity index is 2.59. The number of aliphatic hydroxyl groups is 1. The molecule has 2 rings (SSSR count). The van der Waals surface area contributed by atoms with Gasteiger partial charge in [0.2, 0.25) is 0 Å². The van der Waals surface area contributed by atoms with Gasteiger partial charge in [-0.05, 0) is 54.7 Å². The van der Waals surface area contributed by atoms with E-state index < -0.39 is 0 Å². The predicted octanol–water partition coefficient (Wildman–Crippen LogP) is 4.38. The molecule has 0 amide bonds. The summed E-state index contributed by atoms with van der Waals surface area (Å²) in [4.78, 5) is 0. The molecule has 1 N–H and O–H groups in total. The van der Waals surface area contributed by atoms with Crippen molar-refractivity contribution in [3.05, 3.63) is 34.9 Å². The van der Waals surface area contributed by atoms with E-state index in [2.05, 4.69) is 52.8 Å². The molecule has 0 unspecified atom stereocenters. The Morgan fingerprint density at radius 2 is 1.89 bits per heavy atom. The first-order valence-electron chi connectivity index (χ1n) is 7.54. The summed E-state index contributed by atoms with van der Waals surface area (Å²) in [5, 5.41) is 10.3. The molecule has 0 bridgehead atoms. The van der Waals surface area contributed by atoms with Crippen LogP contribution in [-0.4, -0.2) is 11.7 Å². The normalized spacial score (nSPS) is 30.3. The highest BCUT2D eigenvalue weighted by molar-refractivity contribution is 5.37. The molecule has 1 aliphatic rings. The zero-order chi connectivity index (χ0) is 14.3. The fourth-order valence-corrected chi connectivity index (χ4v) is 4.14. The van der Waals surface area contributed by atoms with Gasteiger partial charge in [0, 0.05) is 5.41 Å². The van der Waals surface area contributed by atoms with Crippen LogP contribution in [-0.2, 0) is 5.41 Å². The van der Waals surface area contributed by atoms with Gasteiger partial charge < -0.3 is 5.11 Å². The van der Waals surface area contributed by atoms with Crippen molar-refractivity contribution in [2.45, 2.75) is 59.3 Å². The largest absolute Gasteiger partial charge is 0.395 e. The van der Waals surface area contributed by atoms with E-state index in [1.165, 1.54) is 36.0 Å². The minimum absolute atomic E-state index is 0.0935. The fourth-order valence-electron chi connectivity index (χ4n) is 4.14. The van der Waals surface area contributed by atoms with Gasteiger partial charge in [0.25, 0.3) is 0 Å². The summed E-state index contributed by atoms with van der Waals surface area (Å²) in [6.07, 6.45) is 3.70. The van der Waals surface area contributed by atoms with Crippen LogP contribution in [0.4, 0.5) is 0 Å². The van der Waals surface area contributed by atoms with E-state index in [0.29, 0.717) is 5.92 Å². The van der Waals surface area contributed by atoms with Crippen LogP contribution in [0.25, 0.3) is 0 Å². The summed E-state index contributed by atoms with van der Waals surface area (Å²) in [6.45, 7) is 11.5. The third-order valence-corrected chi connectivity index (χ3v) is 5.76. The van der Waals surface area contributed by atoms with Gasteiger partial charge >= 0.3 is 0 Å². The highest BCUT2D eigenvalue weighted by atomic mass is 16.3. The molecular formula is C18H28O. The lowest BCUT2D eigenvalue weighted by atomic mass is 9.51. The van der Waals surface area contributed by atoms with Crippen molar-refractivity contribution in [2.75, 3.05) is 6.61 Å². The van der Waals surface area contributed by atoms with Crippen LogP contribution in [0.15, 0.2) is 18.2 Å². The first-order valence-corrected chi connectivity index (χ1v) is 7.54. The quantitative estimate of drug-likeness (QED) is 0.836. The average molecular weight is 260 g/mol. The minimum Gasteiger partial charge on any atom is -0.395 e. The number of hydrogen-bond donors (Lipinski definition) is 1. The maximum absolute atomic E-state index is 10.3. The molecule has 1 heteroatoms. The molecule has 0 aliphatic heterocycles. The molecule has 1 aliphatic carbocycles. The molecule has 0 saturated heterocycles. The Labute approximate surface area is 118 Å². The zero-order valence-electron chi connectivity index (χ0n) is 13.1. The third kappa shape index (κ3) is 2.12. The molecule has 106 valence electrons. The molecular weight excluding hydrogens is 232 g/mol. The van der Waals surface area contributed by atoms with Crippen molar-refractivity contribution < 1.29 is 5.11 Å². The van der Waals surface area contributed by atoms with E-state index in [1.54, 1.807) is 0 Å². The first kappa shape index (κ1) is 14.6. The van der Waals surface area contributed by atoms with E-state index >= 15 is 0 Å². The molecule has 1 saturated carbocycles. The van der Waals surface area contributed by atoms with Gasteiger partial charge in [0.1, 0.15) is 0 Å². The lowest BCUT2D eigenvalue weighted by Gasteiger charge is -2.54. The fraction of sp³-hybridized carbons (Fsp3) is 0.667. The van der Waals surface area contributed by atoms with Gasteiger partial charge in [0.05, 0.1) is 6.61 Å². The number of hydrogen-bond acceptors (Lipinski definition) is 1. The molecule has 1 nitrogen and oxygen atoms in total. The summed E-state index contributed by atoms with van der Waals surface area (Å²) in [5.74, 6) is 0.531. The van der Waals surface area contributed by atoms with Crippen molar-refractivity contribution >= 4 is 0 Å². The van der Waals surface area contributed by atoms with Crippen LogP contribution < -0.4 is 0 Å². The summed E-state index contributed by atoms with van der Waals surface area (Å²) < 4.78 is 0. The standard InChI is InChI=1S/C18H28O/c1-13-8-9-16(11-14(13)2)18(12-19)15(3)7-6-10-17(18,4)5/h8-9,11,15,19H,6-7,10,12H2,1-5H3/t15-,18+/m0/s1. The second kappa shape index (κ2) is 4.94. The Kier molecular flexibility index (Phi) is 3.79. The maximum atomic E-state index is 10.3. The molecule has 1 fully saturated rings. The Bertz CT molecular complexity index is 461. The maximum Gasteiger partial charge on any atom is 0.0535 e. The first-order chi connectivity index (χ1) is 8.85. The van der Waals surface area contributed by atoms with E-state index in [9.17, 15) is 5.11 Å². The topological polar surface area (TPSA) is 20.2 Å². The summed E-state index contributed by atoms with van der Waals surface area (Å²) >= 11 is 0. The van der Waals surface area contributed by atoms with Crippen molar-refractivity contribution in [1.29, 1.82) is 0 Å². The predicted molar refractivity (Wildman–Crippen MR) is 81.5 cm³/mol. The molecule has 19 heavy (non-hydrogen) atoms. The van der Waals surface area contributed by atoms with Crippen LogP contribution in [0.5, 0.6) is 0 Å². The van der Waals surface area contributed by atoms with Crippen LogP contribution in [0.1, 0.15) is 56.7 Å². The lowest BCUT2D eigenvalue weighted by molar-refractivity contribution is -0.00723. The Hall–Kier alpha value is -0.820. The highest BCUT2D eigenvalue weighted by Gasteiger charge is 2.51. The Morgan fingerprint density at radius 3 is 2.42 bits per heavy atom. The van der Waals surface area contributed by atoms with Gasteiger partial charge in [-0.15, -0.1) is 0 Å². The van der Waals surface area contributed by atoms with Gasteiger partial charge in [0.15, 0.2) is 0 Å². The average Bonchev–Trinajstić information content (AvgIpc) is 2.33. The van der Waals surface area contributed by atoms with Gasteiger partial charge in [-0.1, -0.05) is 45.4 Å². The zero-order valence-corrected chi connectivity index (χ0v) is 13.1. The van der Waals surface area contributed by atoms with Crippen molar-refractivity contribution in [1.82, 2.24) is 0 Å². The van der Waals surface area contributed by atoms with Crippen LogP contribution in [0.2, 0.25) is 0 Å². The summed E-state index contributed by atoms with van der Waals surface area (Å²) in [5.41, 5.74) is 4.05. The molecule has 0 heterocycles. The SMILES string of the molecule is Cc1ccc([C@@]2(CO)[C@@H](C)CCCC2(C)C)cc1C. The molecule has 1 aromatic carbocycles. The second-order valence-corrected chi connectivity index (χ2v) is 7.11. The summed E-state index contributed by atoms with van der Waals surface area (Å²) in [6, 6.07) is 6.75. The monoisotopic (exact) mass is 260 g/mol. The number of benzene rings is 1. The van der Waals surface area contributed by atoms with Gasteiger partial charge in [-0.2, -0.15) is 0 Å². The Morgan fingerprint density at radius 1 is 1.21 bits per heavy atom. The third-order valence-electron chi connectivity index (χ3n) is 5.76. The number of rotatable bonds is 2. The lowest BCUT2D eigenvalue weighted by Crippen LogP contribution is -2.52. The van der Waals surface area contributed by atoms with Crippen LogP contribution in [0, 0.1) is 25.2 Å². The van der Waals surface area contributed by atoms with Crippen LogP contribution in [0.3, 0.4) is 0 Å². The molecule has 2 atom stereocenters. The van der Waals surface area contributed by atoms with Gasteiger partial charge in [-0.3, -0.25) is 0 Å². The number of aryl methyl sites for hydroxylation is 2. The molecule has 0 radical (unpaired) electrons. The van der Waals surface area contributed by atoms with Crippen molar-refractivity contribution in [2.24, 2.45) is 11.3 Å². The van der Waals surface area contributed by atoms with E-state index in [-0.39, 0.29) is 17.4 Å². The summed E-state index contributed by atoms with van der Waals surface area (Å²) in [7, 11) is 0. The highest BCUT2D eigenvalue weighted by Crippen LogP contribution is 2.54. The van der Waals surface area contributed by atoms with Crippen LogP contribution >= 0.6 is 0 Å². The van der Waals surface area contributed by atoms with Crippen molar-refractivity contribution in [3.63, 3.8) is 0 Å². The molecule has 0 spiro atoms. The van der Waals surface area contributed by atoms with Gasteiger partial charge in [-0.25, -0.2) is 0 Å². The smallest absolute Gasteiger partial charge is 0.0535 e. The van der Waals surface area contributed by atoms with E-state index in [4.69, 9.17) is 0 Å². The molecule has 0 aromatic heterocycles.